The van der Waals surface area contributed by atoms with Crippen LogP contribution in [0.1, 0.15) is 38.1 Å². The van der Waals surface area contributed by atoms with Crippen molar-refractivity contribution in [2.24, 2.45) is 5.92 Å². The maximum absolute atomic E-state index is 12.3. The Morgan fingerprint density at radius 3 is 2.19 bits per heavy atom. The van der Waals surface area contributed by atoms with Crippen molar-refractivity contribution in [1.82, 2.24) is 10.0 Å². The van der Waals surface area contributed by atoms with Gasteiger partial charge in [-0.3, -0.25) is 4.79 Å². The Morgan fingerprint density at radius 1 is 1.07 bits per heavy atom. The lowest BCUT2D eigenvalue weighted by Gasteiger charge is -2.15. The molecule has 2 N–H and O–H groups in total. The van der Waals surface area contributed by atoms with Crippen LogP contribution >= 0.6 is 0 Å². The van der Waals surface area contributed by atoms with E-state index in [2.05, 4.69) is 10.0 Å². The Kier molecular flexibility index (Phi) is 8.87. The zero-order valence-corrected chi connectivity index (χ0v) is 17.1. The minimum atomic E-state index is -3.72. The number of nitrogens with one attached hydrogen (secondary N) is 2. The van der Waals surface area contributed by atoms with Gasteiger partial charge in [-0.2, -0.15) is 0 Å². The second kappa shape index (κ2) is 10.4. The number of carbonyl (C=O) groups is 2. The van der Waals surface area contributed by atoms with Gasteiger partial charge >= 0.3 is 5.97 Å². The van der Waals surface area contributed by atoms with Gasteiger partial charge in [-0.05, 0) is 44.0 Å². The van der Waals surface area contributed by atoms with Gasteiger partial charge in [0.25, 0.3) is 5.91 Å². The fourth-order valence-corrected chi connectivity index (χ4v) is 3.35. The van der Waals surface area contributed by atoms with Gasteiger partial charge in [0.15, 0.2) is 6.10 Å². The molecule has 0 spiro atoms. The lowest BCUT2D eigenvalue weighted by Crippen LogP contribution is -2.37. The minimum Gasteiger partial charge on any atom is -0.449 e. The highest BCUT2D eigenvalue weighted by molar-refractivity contribution is 7.89. The molecule has 0 fully saturated rings. The SMILES string of the molecule is COC[C@H](C)NS(=O)(=O)c1ccc(C(=O)O[C@H](C)C(=O)NCC(C)C)cc1. The molecule has 0 aliphatic heterocycles. The van der Waals surface area contributed by atoms with E-state index in [0.717, 1.165) is 0 Å². The first-order valence-corrected chi connectivity index (χ1v) is 10.1. The summed E-state index contributed by atoms with van der Waals surface area (Å²) in [7, 11) is -2.24. The summed E-state index contributed by atoms with van der Waals surface area (Å²) < 4.78 is 37.0. The molecule has 8 nitrogen and oxygen atoms in total. The molecular formula is C18H28N2O6S. The number of rotatable bonds is 10. The van der Waals surface area contributed by atoms with Crippen LogP contribution in [0.2, 0.25) is 0 Å². The van der Waals surface area contributed by atoms with Crippen LogP contribution in [0.15, 0.2) is 29.2 Å². The first-order chi connectivity index (χ1) is 12.6. The summed E-state index contributed by atoms with van der Waals surface area (Å²) in [6.45, 7) is 7.79. The number of hydrogen-bond acceptors (Lipinski definition) is 6. The topological polar surface area (TPSA) is 111 Å². The van der Waals surface area contributed by atoms with Crippen LogP contribution in [0.3, 0.4) is 0 Å². The van der Waals surface area contributed by atoms with Crippen LogP contribution in [-0.2, 0) is 24.3 Å². The monoisotopic (exact) mass is 400 g/mol. The first-order valence-electron chi connectivity index (χ1n) is 8.66. The van der Waals surface area contributed by atoms with Gasteiger partial charge in [0.05, 0.1) is 17.1 Å². The summed E-state index contributed by atoms with van der Waals surface area (Å²) >= 11 is 0. The first kappa shape index (κ1) is 23.1. The van der Waals surface area contributed by atoms with Gasteiger partial charge < -0.3 is 14.8 Å². The molecule has 1 aromatic rings. The predicted molar refractivity (Wildman–Crippen MR) is 101 cm³/mol. The van der Waals surface area contributed by atoms with E-state index < -0.39 is 28.1 Å². The molecule has 2 atom stereocenters. The standard InChI is InChI=1S/C18H28N2O6S/c1-12(2)10-19-17(21)14(4)26-18(22)15-6-8-16(9-7-15)27(23,24)20-13(3)11-25-5/h6-9,12-14,20H,10-11H2,1-5H3,(H,19,21)/t13-,14+/m0/s1. The summed E-state index contributed by atoms with van der Waals surface area (Å²) in [6.07, 6.45) is -0.948. The molecule has 0 aromatic heterocycles. The average Bonchev–Trinajstić information content (AvgIpc) is 2.59. The molecule has 0 heterocycles. The van der Waals surface area contributed by atoms with Crippen LogP contribution in [0.25, 0.3) is 0 Å². The smallest absolute Gasteiger partial charge is 0.338 e. The third kappa shape index (κ3) is 7.66. The van der Waals surface area contributed by atoms with Crippen molar-refractivity contribution < 1.29 is 27.5 Å². The number of benzene rings is 1. The van der Waals surface area contributed by atoms with Gasteiger partial charge in [-0.15, -0.1) is 0 Å². The van der Waals surface area contributed by atoms with E-state index in [9.17, 15) is 18.0 Å². The van der Waals surface area contributed by atoms with Crippen molar-refractivity contribution in [3.05, 3.63) is 29.8 Å². The van der Waals surface area contributed by atoms with Crippen LogP contribution in [0.5, 0.6) is 0 Å². The van der Waals surface area contributed by atoms with E-state index in [1.807, 2.05) is 13.8 Å². The van der Waals surface area contributed by atoms with Crippen molar-refractivity contribution in [1.29, 1.82) is 0 Å². The largest absolute Gasteiger partial charge is 0.449 e. The summed E-state index contributed by atoms with van der Waals surface area (Å²) in [5.41, 5.74) is 0.155. The van der Waals surface area contributed by atoms with Gasteiger partial charge in [0, 0.05) is 19.7 Å². The number of hydrogen-bond donors (Lipinski definition) is 2. The van der Waals surface area contributed by atoms with E-state index in [1.54, 1.807) is 6.92 Å². The summed E-state index contributed by atoms with van der Waals surface area (Å²) in [5, 5.41) is 2.68. The van der Waals surface area contributed by atoms with Crippen molar-refractivity contribution in [2.75, 3.05) is 20.3 Å². The Bertz CT molecular complexity index is 731. The average molecular weight is 400 g/mol. The number of amides is 1. The van der Waals surface area contributed by atoms with E-state index in [-0.39, 0.29) is 28.9 Å². The zero-order valence-electron chi connectivity index (χ0n) is 16.3. The third-order valence-corrected chi connectivity index (χ3v) is 5.12. The number of methoxy groups -OCH3 is 1. The number of ether oxygens (including phenoxy) is 2. The number of carbonyl (C=O) groups excluding carboxylic acids is 2. The molecule has 1 amide bonds. The summed E-state index contributed by atoms with van der Waals surface area (Å²) in [5.74, 6) is -0.800. The van der Waals surface area contributed by atoms with E-state index >= 15 is 0 Å². The summed E-state index contributed by atoms with van der Waals surface area (Å²) in [6, 6.07) is 4.91. The highest BCUT2D eigenvalue weighted by Gasteiger charge is 2.21. The molecule has 0 saturated carbocycles. The predicted octanol–water partition coefficient (Wildman–Crippen LogP) is 1.32. The number of esters is 1. The van der Waals surface area contributed by atoms with Crippen LogP contribution in [0.4, 0.5) is 0 Å². The fraction of sp³-hybridized carbons (Fsp3) is 0.556. The van der Waals surface area contributed by atoms with Crippen LogP contribution in [0, 0.1) is 5.92 Å². The maximum Gasteiger partial charge on any atom is 0.338 e. The van der Waals surface area contributed by atoms with Crippen LogP contribution in [-0.4, -0.2) is 52.7 Å². The van der Waals surface area contributed by atoms with Gasteiger partial charge in [-0.25, -0.2) is 17.9 Å². The zero-order chi connectivity index (χ0) is 20.6. The van der Waals surface area contributed by atoms with E-state index in [1.165, 1.54) is 38.3 Å². The second-order valence-corrected chi connectivity index (χ2v) is 8.40. The number of sulfonamides is 1. The molecule has 0 saturated heterocycles. The Balaban J connectivity index is 2.72. The molecule has 152 valence electrons. The van der Waals surface area contributed by atoms with Gasteiger partial charge in [-0.1, -0.05) is 13.8 Å². The maximum atomic E-state index is 12.3. The summed E-state index contributed by atoms with van der Waals surface area (Å²) in [4.78, 5) is 24.0. The molecule has 1 aromatic carbocycles. The minimum absolute atomic E-state index is 0.0183. The van der Waals surface area contributed by atoms with Crippen molar-refractivity contribution >= 4 is 21.9 Å². The Labute approximate surface area is 160 Å². The molecule has 0 unspecified atom stereocenters. The molecular weight excluding hydrogens is 372 g/mol. The molecule has 0 radical (unpaired) electrons. The quantitative estimate of drug-likeness (QED) is 0.573. The normalized spacial score (nSPS) is 13.9. The highest BCUT2D eigenvalue weighted by Crippen LogP contribution is 2.13. The molecule has 0 bridgehead atoms. The molecule has 1 rings (SSSR count). The van der Waals surface area contributed by atoms with E-state index in [4.69, 9.17) is 9.47 Å². The fourth-order valence-electron chi connectivity index (χ4n) is 2.12. The second-order valence-electron chi connectivity index (χ2n) is 6.69. The van der Waals surface area contributed by atoms with Crippen molar-refractivity contribution in [3.63, 3.8) is 0 Å². The lowest BCUT2D eigenvalue weighted by atomic mass is 10.2. The van der Waals surface area contributed by atoms with Gasteiger partial charge in [0.1, 0.15) is 0 Å². The lowest BCUT2D eigenvalue weighted by molar-refractivity contribution is -0.129. The Hall–Kier alpha value is -1.97. The van der Waals surface area contributed by atoms with Gasteiger partial charge in [0.2, 0.25) is 10.0 Å². The molecule has 0 aliphatic rings. The molecule has 0 aliphatic carbocycles. The van der Waals surface area contributed by atoms with E-state index in [0.29, 0.717) is 6.54 Å². The van der Waals surface area contributed by atoms with Crippen molar-refractivity contribution in [2.45, 2.75) is 44.7 Å². The van der Waals surface area contributed by atoms with Crippen LogP contribution < -0.4 is 10.0 Å². The molecule has 27 heavy (non-hydrogen) atoms. The van der Waals surface area contributed by atoms with Crippen molar-refractivity contribution in [3.8, 4) is 0 Å². The third-order valence-electron chi connectivity index (χ3n) is 3.51. The highest BCUT2D eigenvalue weighted by atomic mass is 32.2. The molecule has 9 heteroatoms. The Morgan fingerprint density at radius 2 is 1.67 bits per heavy atom.